The lowest BCUT2D eigenvalue weighted by Crippen LogP contribution is -2.15. The van der Waals surface area contributed by atoms with Crippen LogP contribution in [0.1, 0.15) is 23.1 Å². The van der Waals surface area contributed by atoms with Crippen molar-refractivity contribution in [1.82, 2.24) is 9.97 Å². The first-order valence-corrected chi connectivity index (χ1v) is 7.76. The van der Waals surface area contributed by atoms with Crippen molar-refractivity contribution in [2.75, 3.05) is 0 Å². The monoisotopic (exact) mass is 348 g/mol. The molecule has 3 aromatic rings. The molecule has 0 saturated carbocycles. The Hall–Kier alpha value is -1.88. The normalized spacial score (nSPS) is 23.0. The number of hydrogen-bond acceptors (Lipinski definition) is 2. The fourth-order valence-electron chi connectivity index (χ4n) is 2.92. The van der Waals surface area contributed by atoms with Crippen molar-refractivity contribution >= 4 is 23.2 Å². The molecule has 1 aliphatic rings. The SMILES string of the molecule is Fc1cccc(Cl)c1C1(c2ccc(Cl)cc2)OC1c1ncc[nH]1. The summed E-state index contributed by atoms with van der Waals surface area (Å²) in [4.78, 5) is 7.25. The number of aromatic amines is 1. The molecule has 1 aliphatic heterocycles. The molecule has 2 unspecified atom stereocenters. The zero-order chi connectivity index (χ0) is 16.0. The third-order valence-corrected chi connectivity index (χ3v) is 4.56. The topological polar surface area (TPSA) is 41.2 Å². The first-order chi connectivity index (χ1) is 11.1. The van der Waals surface area contributed by atoms with Gasteiger partial charge in [-0.25, -0.2) is 9.37 Å². The molecule has 2 heterocycles. The van der Waals surface area contributed by atoms with Crippen molar-refractivity contribution < 1.29 is 9.13 Å². The zero-order valence-corrected chi connectivity index (χ0v) is 13.3. The lowest BCUT2D eigenvalue weighted by Gasteiger charge is -2.16. The zero-order valence-electron chi connectivity index (χ0n) is 11.8. The Morgan fingerprint density at radius 1 is 1.13 bits per heavy atom. The van der Waals surface area contributed by atoms with Gasteiger partial charge in [-0.2, -0.15) is 0 Å². The summed E-state index contributed by atoms with van der Waals surface area (Å²) in [6, 6.07) is 11.7. The minimum absolute atomic E-state index is 0.311. The molecule has 2 aromatic carbocycles. The molecule has 1 N–H and O–H groups in total. The van der Waals surface area contributed by atoms with Crippen molar-refractivity contribution in [3.63, 3.8) is 0 Å². The molecule has 116 valence electrons. The number of epoxide rings is 1. The van der Waals surface area contributed by atoms with Crippen LogP contribution < -0.4 is 0 Å². The predicted molar refractivity (Wildman–Crippen MR) is 86.1 cm³/mol. The number of halogens is 3. The van der Waals surface area contributed by atoms with Crippen molar-refractivity contribution in [2.24, 2.45) is 0 Å². The van der Waals surface area contributed by atoms with Gasteiger partial charge in [-0.05, 0) is 29.8 Å². The van der Waals surface area contributed by atoms with Gasteiger partial charge in [-0.3, -0.25) is 0 Å². The fraction of sp³-hybridized carbons (Fsp3) is 0.118. The van der Waals surface area contributed by atoms with Crippen LogP contribution in [0.3, 0.4) is 0 Å². The number of nitrogens with one attached hydrogen (secondary N) is 1. The first-order valence-electron chi connectivity index (χ1n) is 7.00. The highest BCUT2D eigenvalue weighted by Gasteiger charge is 2.63. The van der Waals surface area contributed by atoms with E-state index in [1.54, 1.807) is 36.7 Å². The molecule has 6 heteroatoms. The second kappa shape index (κ2) is 5.34. The van der Waals surface area contributed by atoms with Crippen LogP contribution in [0.2, 0.25) is 10.0 Å². The molecule has 23 heavy (non-hydrogen) atoms. The van der Waals surface area contributed by atoms with E-state index in [0.29, 0.717) is 21.4 Å². The number of benzene rings is 2. The van der Waals surface area contributed by atoms with E-state index in [1.165, 1.54) is 6.07 Å². The summed E-state index contributed by atoms with van der Waals surface area (Å²) in [5, 5.41) is 0.910. The molecule has 0 bridgehead atoms. The fourth-order valence-corrected chi connectivity index (χ4v) is 3.35. The lowest BCUT2D eigenvalue weighted by molar-refractivity contribution is 0.321. The Bertz CT molecular complexity index is 831. The smallest absolute Gasteiger partial charge is 0.157 e. The van der Waals surface area contributed by atoms with Crippen LogP contribution in [0, 0.1) is 5.82 Å². The van der Waals surface area contributed by atoms with Gasteiger partial charge in [0.25, 0.3) is 0 Å². The number of hydrogen-bond donors (Lipinski definition) is 1. The third-order valence-electron chi connectivity index (χ3n) is 3.99. The maximum Gasteiger partial charge on any atom is 0.157 e. The summed E-state index contributed by atoms with van der Waals surface area (Å²) in [5.74, 6) is 0.209. The van der Waals surface area contributed by atoms with E-state index in [1.807, 2.05) is 12.1 Å². The number of H-pyrrole nitrogens is 1. The van der Waals surface area contributed by atoms with Crippen molar-refractivity contribution in [2.45, 2.75) is 11.7 Å². The van der Waals surface area contributed by atoms with E-state index in [-0.39, 0.29) is 0 Å². The molecule has 2 atom stereocenters. The van der Waals surface area contributed by atoms with Gasteiger partial charge in [0.05, 0.1) is 5.02 Å². The van der Waals surface area contributed by atoms with E-state index in [2.05, 4.69) is 9.97 Å². The van der Waals surface area contributed by atoms with Crippen LogP contribution in [-0.2, 0) is 10.3 Å². The van der Waals surface area contributed by atoms with E-state index < -0.39 is 17.5 Å². The van der Waals surface area contributed by atoms with Gasteiger partial charge in [-0.1, -0.05) is 41.4 Å². The average Bonchev–Trinajstić information content (AvgIpc) is 3.03. The van der Waals surface area contributed by atoms with E-state index >= 15 is 0 Å². The van der Waals surface area contributed by atoms with E-state index in [4.69, 9.17) is 27.9 Å². The van der Waals surface area contributed by atoms with E-state index in [9.17, 15) is 4.39 Å². The summed E-state index contributed by atoms with van der Waals surface area (Å²) < 4.78 is 20.5. The highest BCUT2D eigenvalue weighted by molar-refractivity contribution is 6.31. The van der Waals surface area contributed by atoms with Crippen LogP contribution in [0.5, 0.6) is 0 Å². The molecule has 1 fully saturated rings. The maximum absolute atomic E-state index is 14.5. The number of nitrogens with zero attached hydrogens (tertiary/aromatic N) is 1. The summed E-state index contributed by atoms with van der Waals surface area (Å²) in [7, 11) is 0. The van der Waals surface area contributed by atoms with Gasteiger partial charge in [-0.15, -0.1) is 0 Å². The summed E-state index contributed by atoms with van der Waals surface area (Å²) >= 11 is 12.3. The quantitative estimate of drug-likeness (QED) is 0.686. The number of imidazole rings is 1. The molecule has 0 radical (unpaired) electrons. The highest BCUT2D eigenvalue weighted by atomic mass is 35.5. The summed E-state index contributed by atoms with van der Waals surface area (Å²) in [5.41, 5.74) is 0.0749. The number of aromatic nitrogens is 2. The highest BCUT2D eigenvalue weighted by Crippen LogP contribution is 2.62. The predicted octanol–water partition coefficient (Wildman–Crippen LogP) is 4.87. The van der Waals surface area contributed by atoms with Crippen molar-refractivity contribution in [1.29, 1.82) is 0 Å². The largest absolute Gasteiger partial charge is 0.347 e. The van der Waals surface area contributed by atoms with Gasteiger partial charge in [0, 0.05) is 23.0 Å². The Balaban J connectivity index is 1.91. The molecule has 1 aromatic heterocycles. The van der Waals surface area contributed by atoms with Crippen LogP contribution in [0.25, 0.3) is 0 Å². The lowest BCUT2D eigenvalue weighted by atomic mass is 9.87. The summed E-state index contributed by atoms with van der Waals surface area (Å²) in [6.45, 7) is 0. The minimum Gasteiger partial charge on any atom is -0.347 e. The van der Waals surface area contributed by atoms with Crippen LogP contribution in [-0.4, -0.2) is 9.97 Å². The summed E-state index contributed by atoms with van der Waals surface area (Å²) in [6.07, 6.45) is 2.90. The Labute approximate surface area is 142 Å². The number of ether oxygens (including phenoxy) is 1. The van der Waals surface area contributed by atoms with Crippen molar-refractivity contribution in [3.8, 4) is 0 Å². The second-order valence-electron chi connectivity index (χ2n) is 5.31. The van der Waals surface area contributed by atoms with E-state index in [0.717, 1.165) is 5.56 Å². The molecule has 0 amide bonds. The molecular formula is C17H11Cl2FN2O. The molecule has 1 saturated heterocycles. The Morgan fingerprint density at radius 2 is 1.91 bits per heavy atom. The average molecular weight is 349 g/mol. The van der Waals surface area contributed by atoms with Gasteiger partial charge >= 0.3 is 0 Å². The number of rotatable bonds is 3. The standard InChI is InChI=1S/C17H11Cl2FN2O/c18-11-6-4-10(5-7-11)17(14-12(19)2-1-3-13(14)20)15(23-17)16-21-8-9-22-16/h1-9,15H,(H,21,22). The van der Waals surface area contributed by atoms with Crippen LogP contribution in [0.4, 0.5) is 4.39 Å². The second-order valence-corrected chi connectivity index (χ2v) is 6.16. The molecular weight excluding hydrogens is 338 g/mol. The molecule has 4 rings (SSSR count). The molecule has 3 nitrogen and oxygen atoms in total. The van der Waals surface area contributed by atoms with Gasteiger partial charge < -0.3 is 9.72 Å². The molecule has 0 aliphatic carbocycles. The Morgan fingerprint density at radius 3 is 2.57 bits per heavy atom. The van der Waals surface area contributed by atoms with Gasteiger partial charge in [0.2, 0.25) is 0 Å². The van der Waals surface area contributed by atoms with Crippen LogP contribution >= 0.6 is 23.2 Å². The molecule has 0 spiro atoms. The van der Waals surface area contributed by atoms with Gasteiger partial charge in [0.15, 0.2) is 11.7 Å². The van der Waals surface area contributed by atoms with Crippen molar-refractivity contribution in [3.05, 3.63) is 87.7 Å². The van der Waals surface area contributed by atoms with Crippen LogP contribution in [0.15, 0.2) is 54.9 Å². The minimum atomic E-state index is -1.01. The third kappa shape index (κ3) is 2.26. The first kappa shape index (κ1) is 14.7. The maximum atomic E-state index is 14.5. The van der Waals surface area contributed by atoms with Gasteiger partial charge in [0.1, 0.15) is 11.6 Å². The Kier molecular flexibility index (Phi) is 3.41.